The topological polar surface area (TPSA) is 67.4 Å². The third-order valence-corrected chi connectivity index (χ3v) is 5.49. The maximum absolute atomic E-state index is 12.6. The van der Waals surface area contributed by atoms with Gasteiger partial charge in [0.1, 0.15) is 11.3 Å². The largest absolute Gasteiger partial charge is 0.444 e. The molecule has 0 unspecified atom stereocenters. The fourth-order valence-corrected chi connectivity index (χ4v) is 3.75. The molecule has 1 atom stereocenters. The van der Waals surface area contributed by atoms with E-state index in [1.54, 1.807) is 11.9 Å². The van der Waals surface area contributed by atoms with Crippen molar-refractivity contribution < 1.29 is 22.7 Å². The van der Waals surface area contributed by atoms with Crippen molar-refractivity contribution in [2.24, 2.45) is 5.92 Å². The van der Waals surface area contributed by atoms with Crippen molar-refractivity contribution >= 4 is 22.7 Å². The Balaban J connectivity index is 0.000000275. The standard InChI is InChI=1S/C16H12F3N3.C10H19NO2.C2H6/c1-20-15-13-5-3-2-4-12(13)14(21-22-15)10-6-8-11(9-7-10)16(17,18)19;1-8-5-6-11(7-8)9(12)13-10(2,3)4;1-2/h2-9H,1H3,(H,20,22);8H,5-7H2,1-4H3;1-2H3/t;8-;/m.0./s1. The molecular weight excluding hydrogens is 481 g/mol. The summed E-state index contributed by atoms with van der Waals surface area (Å²) in [5.41, 5.74) is 0.103. The van der Waals surface area contributed by atoms with Gasteiger partial charge in [-0.2, -0.15) is 13.2 Å². The normalized spacial score (nSPS) is 15.3. The number of amides is 1. The molecule has 0 aliphatic carbocycles. The number of hydrogen-bond donors (Lipinski definition) is 1. The van der Waals surface area contributed by atoms with Gasteiger partial charge in [0, 0.05) is 36.5 Å². The summed E-state index contributed by atoms with van der Waals surface area (Å²) < 4.78 is 43.2. The van der Waals surface area contributed by atoms with Crippen LogP contribution >= 0.6 is 0 Å². The highest BCUT2D eigenvalue weighted by Crippen LogP contribution is 2.33. The molecule has 2 aromatic carbocycles. The van der Waals surface area contributed by atoms with E-state index in [4.69, 9.17) is 4.74 Å². The van der Waals surface area contributed by atoms with Gasteiger partial charge in [0.15, 0.2) is 5.82 Å². The van der Waals surface area contributed by atoms with Gasteiger partial charge >= 0.3 is 12.3 Å². The molecule has 1 fully saturated rings. The Morgan fingerprint density at radius 3 is 2.08 bits per heavy atom. The maximum atomic E-state index is 12.6. The van der Waals surface area contributed by atoms with Crippen LogP contribution in [-0.4, -0.2) is 46.9 Å². The van der Waals surface area contributed by atoms with E-state index >= 15 is 0 Å². The molecule has 9 heteroatoms. The summed E-state index contributed by atoms with van der Waals surface area (Å²) in [6.07, 6.45) is -3.42. The number of likely N-dealkylation sites (tertiary alicyclic amines) is 1. The Kier molecular flexibility index (Phi) is 10.3. The lowest BCUT2D eigenvalue weighted by Gasteiger charge is -2.24. The van der Waals surface area contributed by atoms with Crippen molar-refractivity contribution in [1.82, 2.24) is 15.1 Å². The molecule has 3 aromatic rings. The van der Waals surface area contributed by atoms with Crippen molar-refractivity contribution in [3.8, 4) is 11.3 Å². The third-order valence-electron chi connectivity index (χ3n) is 5.49. The van der Waals surface area contributed by atoms with E-state index in [-0.39, 0.29) is 11.7 Å². The zero-order valence-corrected chi connectivity index (χ0v) is 22.6. The van der Waals surface area contributed by atoms with Gasteiger partial charge in [0.25, 0.3) is 0 Å². The number of fused-ring (bicyclic) bond motifs is 1. The predicted molar refractivity (Wildman–Crippen MR) is 142 cm³/mol. The molecule has 4 rings (SSSR count). The molecule has 1 aliphatic rings. The molecule has 0 bridgehead atoms. The third kappa shape index (κ3) is 8.33. The van der Waals surface area contributed by atoms with Crippen LogP contribution in [0.15, 0.2) is 48.5 Å². The first-order valence-electron chi connectivity index (χ1n) is 12.5. The van der Waals surface area contributed by atoms with E-state index in [9.17, 15) is 18.0 Å². The second-order valence-corrected chi connectivity index (χ2v) is 9.59. The number of ether oxygens (including phenoxy) is 1. The Morgan fingerprint density at radius 2 is 1.59 bits per heavy atom. The summed E-state index contributed by atoms with van der Waals surface area (Å²) in [6.45, 7) is 13.5. The quantitative estimate of drug-likeness (QED) is 0.377. The summed E-state index contributed by atoms with van der Waals surface area (Å²) in [6, 6.07) is 12.4. The number of nitrogens with zero attached hydrogens (tertiary/aromatic N) is 3. The number of halogens is 3. The van der Waals surface area contributed by atoms with Crippen LogP contribution in [0.5, 0.6) is 0 Å². The van der Waals surface area contributed by atoms with Crippen LogP contribution in [0.4, 0.5) is 23.8 Å². The summed E-state index contributed by atoms with van der Waals surface area (Å²) in [5.74, 6) is 1.25. The average Bonchev–Trinajstić information content (AvgIpc) is 3.30. The van der Waals surface area contributed by atoms with Crippen molar-refractivity contribution in [3.05, 3.63) is 54.1 Å². The smallest absolute Gasteiger partial charge is 0.416 e. The van der Waals surface area contributed by atoms with Crippen LogP contribution in [0, 0.1) is 5.92 Å². The van der Waals surface area contributed by atoms with Crippen LogP contribution in [0.3, 0.4) is 0 Å². The van der Waals surface area contributed by atoms with Gasteiger partial charge in [-0.25, -0.2) is 4.79 Å². The molecule has 1 aliphatic heterocycles. The zero-order valence-electron chi connectivity index (χ0n) is 22.6. The maximum Gasteiger partial charge on any atom is 0.416 e. The zero-order chi connectivity index (χ0) is 27.8. The molecule has 0 saturated carbocycles. The second-order valence-electron chi connectivity index (χ2n) is 9.59. The van der Waals surface area contributed by atoms with Crippen molar-refractivity contribution in [2.45, 2.75) is 59.7 Å². The van der Waals surface area contributed by atoms with Crippen LogP contribution in [0.2, 0.25) is 0 Å². The van der Waals surface area contributed by atoms with Gasteiger partial charge in [-0.15, -0.1) is 10.2 Å². The number of carbonyl (C=O) groups is 1. The van der Waals surface area contributed by atoms with Crippen molar-refractivity contribution in [3.63, 3.8) is 0 Å². The summed E-state index contributed by atoms with van der Waals surface area (Å²) >= 11 is 0. The Hall–Kier alpha value is -3.36. The van der Waals surface area contributed by atoms with Gasteiger partial charge in [-0.05, 0) is 45.2 Å². The van der Waals surface area contributed by atoms with Crippen LogP contribution in [0.1, 0.15) is 53.5 Å². The van der Waals surface area contributed by atoms with Crippen molar-refractivity contribution in [2.75, 3.05) is 25.5 Å². The van der Waals surface area contributed by atoms with E-state index in [0.717, 1.165) is 42.4 Å². The highest BCUT2D eigenvalue weighted by atomic mass is 19.4. The molecule has 202 valence electrons. The molecule has 0 spiro atoms. The number of benzene rings is 2. The molecule has 1 saturated heterocycles. The van der Waals surface area contributed by atoms with E-state index in [2.05, 4.69) is 22.4 Å². The van der Waals surface area contributed by atoms with Crippen molar-refractivity contribution in [1.29, 1.82) is 0 Å². The van der Waals surface area contributed by atoms with E-state index in [0.29, 0.717) is 23.0 Å². The van der Waals surface area contributed by atoms with E-state index < -0.39 is 11.7 Å². The lowest BCUT2D eigenvalue weighted by molar-refractivity contribution is -0.137. The Bertz CT molecular complexity index is 1160. The first kappa shape index (κ1) is 29.9. The molecule has 37 heavy (non-hydrogen) atoms. The molecule has 2 heterocycles. The first-order chi connectivity index (χ1) is 17.4. The fraction of sp³-hybridized carbons (Fsp3) is 0.464. The van der Waals surface area contributed by atoms with E-state index in [1.807, 2.05) is 58.9 Å². The first-order valence-corrected chi connectivity index (χ1v) is 12.5. The lowest BCUT2D eigenvalue weighted by atomic mass is 10.0. The molecule has 6 nitrogen and oxygen atoms in total. The van der Waals surface area contributed by atoms with E-state index in [1.165, 1.54) is 12.1 Å². The number of aromatic nitrogens is 2. The molecular formula is C28H37F3N4O2. The fourth-order valence-electron chi connectivity index (χ4n) is 3.75. The highest BCUT2D eigenvalue weighted by molar-refractivity contribution is 5.99. The number of nitrogens with one attached hydrogen (secondary N) is 1. The minimum Gasteiger partial charge on any atom is -0.444 e. The van der Waals surface area contributed by atoms with Crippen LogP contribution in [-0.2, 0) is 10.9 Å². The predicted octanol–water partition coefficient (Wildman–Crippen LogP) is 7.65. The number of carbonyl (C=O) groups excluding carboxylic acids is 1. The van der Waals surface area contributed by atoms with Gasteiger partial charge in [-0.3, -0.25) is 0 Å². The Morgan fingerprint density at radius 1 is 1.00 bits per heavy atom. The highest BCUT2D eigenvalue weighted by Gasteiger charge is 2.30. The molecule has 1 aromatic heterocycles. The van der Waals surface area contributed by atoms with Crippen LogP contribution in [0.25, 0.3) is 22.0 Å². The Labute approximate surface area is 217 Å². The van der Waals surface area contributed by atoms with Gasteiger partial charge in [0.05, 0.1) is 5.56 Å². The molecule has 1 N–H and O–H groups in total. The van der Waals surface area contributed by atoms with Crippen LogP contribution < -0.4 is 5.32 Å². The lowest BCUT2D eigenvalue weighted by Crippen LogP contribution is -2.35. The van der Waals surface area contributed by atoms with Gasteiger partial charge < -0.3 is 15.0 Å². The van der Waals surface area contributed by atoms with Gasteiger partial charge in [0.2, 0.25) is 0 Å². The minimum atomic E-state index is -4.34. The molecule has 1 amide bonds. The number of hydrogen-bond acceptors (Lipinski definition) is 5. The number of alkyl halides is 3. The SMILES string of the molecule is CC.CNc1nnc(-c2ccc(C(F)(F)F)cc2)c2ccccc12.C[C@H]1CCN(C(=O)OC(C)(C)C)C1. The summed E-state index contributed by atoms with van der Waals surface area (Å²) in [7, 11) is 1.74. The minimum absolute atomic E-state index is 0.170. The summed E-state index contributed by atoms with van der Waals surface area (Å²) in [4.78, 5) is 13.3. The second kappa shape index (κ2) is 12.7. The summed E-state index contributed by atoms with van der Waals surface area (Å²) in [5, 5.41) is 12.9. The monoisotopic (exact) mass is 518 g/mol. The number of anilines is 1. The number of rotatable bonds is 2. The van der Waals surface area contributed by atoms with Gasteiger partial charge in [-0.1, -0.05) is 57.2 Å². The average molecular weight is 519 g/mol. The molecule has 0 radical (unpaired) electrons.